The number of rotatable bonds is 2. The lowest BCUT2D eigenvalue weighted by molar-refractivity contribution is 0.615. The van der Waals surface area contributed by atoms with E-state index in [0.29, 0.717) is 17.3 Å². The molecule has 0 aliphatic carbocycles. The average molecular weight is 212 g/mol. The Hall–Kier alpha value is -2.42. The summed E-state index contributed by atoms with van der Waals surface area (Å²) >= 11 is 0. The van der Waals surface area contributed by atoms with Crippen molar-refractivity contribution in [2.24, 2.45) is 0 Å². The minimum Gasteiger partial charge on any atom is -0.568 e. The molecule has 0 aliphatic heterocycles. The third kappa shape index (κ3) is 1.71. The Morgan fingerprint density at radius 2 is 2.25 bits per heavy atom. The van der Waals surface area contributed by atoms with E-state index in [9.17, 15) is 0 Å². The van der Waals surface area contributed by atoms with Gasteiger partial charge in [-0.3, -0.25) is 0 Å². The van der Waals surface area contributed by atoms with Crippen molar-refractivity contribution < 1.29 is 4.65 Å². The maximum Gasteiger partial charge on any atom is 0.322 e. The molecule has 5 nitrogen and oxygen atoms in total. The van der Waals surface area contributed by atoms with Crippen LogP contribution in [0, 0.1) is 11.3 Å². The van der Waals surface area contributed by atoms with Gasteiger partial charge in [-0.25, -0.2) is 4.68 Å². The van der Waals surface area contributed by atoms with E-state index in [-0.39, 0.29) is 0 Å². The highest BCUT2D eigenvalue weighted by atomic mass is 16.4. The van der Waals surface area contributed by atoms with E-state index < -0.39 is 0 Å². The van der Waals surface area contributed by atoms with Gasteiger partial charge >= 0.3 is 8.05 Å². The number of nitrogens with zero attached hydrogens (tertiary/aromatic N) is 3. The van der Waals surface area contributed by atoms with Crippen molar-refractivity contribution in [1.82, 2.24) is 9.78 Å². The quantitative estimate of drug-likeness (QED) is 0.724. The normalized spacial score (nSPS) is 9.69. The molecular formula is C10H9BN4O. The van der Waals surface area contributed by atoms with E-state index in [0.717, 1.165) is 5.69 Å². The first kappa shape index (κ1) is 10.1. The summed E-state index contributed by atoms with van der Waals surface area (Å²) in [7, 11) is 1.59. The van der Waals surface area contributed by atoms with Gasteiger partial charge in [0, 0.05) is 12.1 Å². The summed E-state index contributed by atoms with van der Waals surface area (Å²) in [6, 6.07) is 10.8. The van der Waals surface area contributed by atoms with Crippen LogP contribution in [0.1, 0.15) is 5.69 Å². The zero-order valence-electron chi connectivity index (χ0n) is 8.71. The fourth-order valence-electron chi connectivity index (χ4n) is 1.40. The molecule has 2 N–H and O–H groups in total. The number of benzene rings is 1. The molecule has 16 heavy (non-hydrogen) atoms. The van der Waals surface area contributed by atoms with Gasteiger partial charge in [-0.1, -0.05) is 6.07 Å². The summed E-state index contributed by atoms with van der Waals surface area (Å²) in [5.74, 6) is 1.13. The summed E-state index contributed by atoms with van der Waals surface area (Å²) in [5, 5.41) is 12.8. The Labute approximate surface area is 93.5 Å². The van der Waals surface area contributed by atoms with E-state index in [2.05, 4.69) is 5.10 Å². The van der Waals surface area contributed by atoms with Crippen molar-refractivity contribution in [2.45, 2.75) is 0 Å². The van der Waals surface area contributed by atoms with Crippen molar-refractivity contribution in [3.8, 4) is 17.5 Å². The van der Waals surface area contributed by atoms with E-state index in [1.807, 2.05) is 24.3 Å². The van der Waals surface area contributed by atoms with Crippen LogP contribution in [0.2, 0.25) is 0 Å². The molecule has 0 amide bonds. The Kier molecular flexibility index (Phi) is 2.52. The van der Waals surface area contributed by atoms with Crippen LogP contribution in [0.5, 0.6) is 5.75 Å². The maximum atomic E-state index is 8.72. The summed E-state index contributed by atoms with van der Waals surface area (Å²) in [5.41, 5.74) is 6.80. The highest BCUT2D eigenvalue weighted by molar-refractivity contribution is 6.00. The summed E-state index contributed by atoms with van der Waals surface area (Å²) in [4.78, 5) is 0. The highest BCUT2D eigenvalue weighted by Crippen LogP contribution is 2.18. The minimum absolute atomic E-state index is 0.292. The summed E-state index contributed by atoms with van der Waals surface area (Å²) < 4.78 is 6.60. The topological polar surface area (TPSA) is 76.9 Å². The second kappa shape index (κ2) is 3.99. The minimum atomic E-state index is 0.292. The fourth-order valence-corrected chi connectivity index (χ4v) is 1.40. The predicted octanol–water partition coefficient (Wildman–Crippen LogP) is 0.253. The lowest BCUT2D eigenvalue weighted by atomic mass is 10.3. The van der Waals surface area contributed by atoms with Crippen molar-refractivity contribution in [3.63, 3.8) is 0 Å². The molecule has 1 aromatic heterocycles. The van der Waals surface area contributed by atoms with Crippen LogP contribution in [-0.2, 0) is 0 Å². The van der Waals surface area contributed by atoms with E-state index in [1.54, 1.807) is 14.1 Å². The number of nitrogen functional groups attached to an aromatic ring is 1. The molecule has 1 aromatic carbocycles. The van der Waals surface area contributed by atoms with E-state index >= 15 is 0 Å². The smallest absolute Gasteiger partial charge is 0.322 e. The molecular weight excluding hydrogens is 203 g/mol. The number of hydrogen-bond donors (Lipinski definition) is 1. The van der Waals surface area contributed by atoms with Crippen molar-refractivity contribution in [2.75, 3.05) is 5.73 Å². The van der Waals surface area contributed by atoms with Crippen molar-refractivity contribution >= 4 is 13.9 Å². The van der Waals surface area contributed by atoms with Gasteiger partial charge in [-0.2, -0.15) is 10.4 Å². The summed E-state index contributed by atoms with van der Waals surface area (Å²) in [6.45, 7) is 0. The van der Waals surface area contributed by atoms with Gasteiger partial charge in [0.1, 0.15) is 17.6 Å². The molecule has 78 valence electrons. The van der Waals surface area contributed by atoms with Crippen LogP contribution in [0.15, 0.2) is 30.3 Å². The Bertz CT molecular complexity index is 558. The average Bonchev–Trinajstić information content (AvgIpc) is 2.71. The third-order valence-electron chi connectivity index (χ3n) is 2.15. The van der Waals surface area contributed by atoms with E-state index in [1.165, 1.54) is 10.7 Å². The van der Waals surface area contributed by atoms with Gasteiger partial charge in [0.05, 0.1) is 5.69 Å². The number of nitrogens with two attached hydrogens (primary N) is 1. The molecule has 6 heteroatoms. The lowest BCUT2D eigenvalue weighted by Crippen LogP contribution is -2.01. The van der Waals surface area contributed by atoms with Crippen LogP contribution in [0.25, 0.3) is 5.69 Å². The first-order chi connectivity index (χ1) is 7.74. The Balaban J connectivity index is 2.50. The Morgan fingerprint density at radius 1 is 1.44 bits per heavy atom. The molecule has 0 atom stereocenters. The van der Waals surface area contributed by atoms with Gasteiger partial charge in [-0.05, 0) is 12.1 Å². The number of anilines is 1. The SMILES string of the molecule is BOc1cccc(-n2nc(C#N)cc2N)c1. The number of aromatic nitrogens is 2. The molecule has 1 heterocycles. The molecule has 0 spiro atoms. The second-order valence-corrected chi connectivity index (χ2v) is 3.18. The van der Waals surface area contributed by atoms with Gasteiger partial charge in [0.2, 0.25) is 0 Å². The number of nitriles is 1. The fraction of sp³-hybridized carbons (Fsp3) is 0. The molecule has 2 aromatic rings. The van der Waals surface area contributed by atoms with Crippen LogP contribution in [-0.4, -0.2) is 17.8 Å². The standard InChI is InChI=1S/C10H9BN4O/c11-16-9-3-1-2-8(5-9)15-10(13)4-7(6-12)14-15/h1-5H,11,13H2. The molecule has 2 rings (SSSR count). The predicted molar refractivity (Wildman–Crippen MR) is 61.9 cm³/mol. The van der Waals surface area contributed by atoms with Gasteiger partial charge in [0.25, 0.3) is 0 Å². The molecule has 0 radical (unpaired) electrons. The molecule has 0 saturated heterocycles. The van der Waals surface area contributed by atoms with Crippen molar-refractivity contribution in [1.29, 1.82) is 5.26 Å². The molecule has 0 bridgehead atoms. The first-order valence-electron chi connectivity index (χ1n) is 4.64. The highest BCUT2D eigenvalue weighted by Gasteiger charge is 2.06. The van der Waals surface area contributed by atoms with Gasteiger partial charge < -0.3 is 10.4 Å². The van der Waals surface area contributed by atoms with Gasteiger partial charge in [-0.15, -0.1) is 0 Å². The molecule has 0 aliphatic rings. The molecule has 0 fully saturated rings. The van der Waals surface area contributed by atoms with Crippen molar-refractivity contribution in [3.05, 3.63) is 36.0 Å². The van der Waals surface area contributed by atoms with Crippen LogP contribution < -0.4 is 10.4 Å². The second-order valence-electron chi connectivity index (χ2n) is 3.18. The first-order valence-corrected chi connectivity index (χ1v) is 4.64. The largest absolute Gasteiger partial charge is 0.568 e. The van der Waals surface area contributed by atoms with Gasteiger partial charge in [0.15, 0.2) is 5.69 Å². The van der Waals surface area contributed by atoms with Crippen LogP contribution in [0.4, 0.5) is 5.82 Å². The third-order valence-corrected chi connectivity index (χ3v) is 2.15. The zero-order chi connectivity index (χ0) is 11.5. The summed E-state index contributed by atoms with van der Waals surface area (Å²) in [6.07, 6.45) is 0. The lowest BCUT2D eigenvalue weighted by Gasteiger charge is -2.06. The monoisotopic (exact) mass is 212 g/mol. The zero-order valence-corrected chi connectivity index (χ0v) is 8.71. The maximum absolute atomic E-state index is 8.72. The number of hydrogen-bond acceptors (Lipinski definition) is 4. The Morgan fingerprint density at radius 3 is 2.88 bits per heavy atom. The molecule has 0 saturated carbocycles. The molecule has 0 unspecified atom stereocenters. The van der Waals surface area contributed by atoms with E-state index in [4.69, 9.17) is 15.6 Å². The van der Waals surface area contributed by atoms with Crippen LogP contribution in [0.3, 0.4) is 0 Å². The van der Waals surface area contributed by atoms with Crippen LogP contribution >= 0.6 is 0 Å².